The van der Waals surface area contributed by atoms with Crippen LogP contribution in [0.15, 0.2) is 54.1 Å². The SMILES string of the molecule is CSC1OC(C(N)C(C)Cl)C(O)C(O)C1O.O=CC1CC=C(/C=C/Cc2ccccc2)CCN1. The number of aliphatic hydroxyl groups excluding tert-OH is 3. The fourth-order valence-electron chi connectivity index (χ4n) is 3.73. The maximum absolute atomic E-state index is 10.7. The van der Waals surface area contributed by atoms with E-state index < -0.39 is 41.3 Å². The first kappa shape index (κ1) is 29.0. The minimum absolute atomic E-state index is 0.00924. The molecular weight excluding hydrogens is 476 g/mol. The fraction of sp³-hybridized carbons (Fsp3) is 0.560. The quantitative estimate of drug-likeness (QED) is 0.276. The van der Waals surface area contributed by atoms with Gasteiger partial charge in [0, 0.05) is 11.4 Å². The number of carbonyl (C=O) groups is 1. The molecule has 190 valence electrons. The molecule has 2 heterocycles. The second-order valence-corrected chi connectivity index (χ2v) is 10.1. The normalized spacial score (nSPS) is 31.6. The smallest absolute Gasteiger partial charge is 0.137 e. The Kier molecular flexibility index (Phi) is 12.8. The minimum Gasteiger partial charge on any atom is -0.388 e. The lowest BCUT2D eigenvalue weighted by Crippen LogP contribution is -2.62. The first-order valence-electron chi connectivity index (χ1n) is 11.5. The first-order valence-corrected chi connectivity index (χ1v) is 13.2. The molecule has 2 aliphatic heterocycles. The summed E-state index contributed by atoms with van der Waals surface area (Å²) in [5, 5.41) is 31.8. The van der Waals surface area contributed by atoms with Gasteiger partial charge in [-0.3, -0.25) is 0 Å². The second-order valence-electron chi connectivity index (χ2n) is 8.48. The molecule has 8 unspecified atom stereocenters. The molecule has 0 aliphatic carbocycles. The predicted molar refractivity (Wildman–Crippen MR) is 138 cm³/mol. The molecule has 2 aliphatic rings. The maximum Gasteiger partial charge on any atom is 0.137 e. The zero-order valence-electron chi connectivity index (χ0n) is 19.7. The van der Waals surface area contributed by atoms with Crippen molar-refractivity contribution in [3.63, 3.8) is 0 Å². The lowest BCUT2D eigenvalue weighted by atomic mass is 9.94. The minimum atomic E-state index is -1.27. The zero-order valence-corrected chi connectivity index (χ0v) is 21.2. The molecule has 1 aromatic carbocycles. The maximum atomic E-state index is 10.7. The van der Waals surface area contributed by atoms with Crippen molar-refractivity contribution in [1.82, 2.24) is 5.32 Å². The highest BCUT2D eigenvalue weighted by Gasteiger charge is 2.46. The number of hydrogen-bond donors (Lipinski definition) is 5. The van der Waals surface area contributed by atoms with Crippen LogP contribution >= 0.6 is 23.4 Å². The molecule has 9 heteroatoms. The number of hydrogen-bond acceptors (Lipinski definition) is 8. The van der Waals surface area contributed by atoms with Gasteiger partial charge in [0.1, 0.15) is 36.1 Å². The molecule has 1 saturated heterocycles. The number of nitrogens with one attached hydrogen (secondary N) is 1. The van der Waals surface area contributed by atoms with Crippen LogP contribution in [0.3, 0.4) is 0 Å². The van der Waals surface area contributed by atoms with E-state index in [4.69, 9.17) is 22.1 Å². The molecule has 0 saturated carbocycles. The van der Waals surface area contributed by atoms with Crippen molar-refractivity contribution in [3.8, 4) is 0 Å². The number of benzene rings is 1. The van der Waals surface area contributed by atoms with Crippen molar-refractivity contribution in [2.24, 2.45) is 5.73 Å². The van der Waals surface area contributed by atoms with Crippen LogP contribution < -0.4 is 11.1 Å². The summed E-state index contributed by atoms with van der Waals surface area (Å²) in [6, 6.07) is 9.82. The summed E-state index contributed by atoms with van der Waals surface area (Å²) in [4.78, 5) is 10.7. The molecule has 0 aromatic heterocycles. The number of halogens is 1. The first-order chi connectivity index (χ1) is 16.3. The van der Waals surface area contributed by atoms with Crippen molar-refractivity contribution in [2.45, 2.75) is 73.5 Å². The third-order valence-electron chi connectivity index (χ3n) is 5.90. The summed E-state index contributed by atoms with van der Waals surface area (Å²) in [6.07, 6.45) is 7.64. The third-order valence-corrected chi connectivity index (χ3v) is 7.04. The van der Waals surface area contributed by atoms with Crippen LogP contribution in [0, 0.1) is 0 Å². The summed E-state index contributed by atoms with van der Waals surface area (Å²) < 4.78 is 5.45. The standard InChI is InChI=1S/C16H19NO.C9H18ClNO4S/c18-13-16-10-9-15(11-12-17-16)8-4-7-14-5-2-1-3-6-14;1-3(10)4(11)8-6(13)5(12)7(14)9(15-8)16-2/h1-6,8-9,13,16-17H,7,10-12H2;3-9,12-14H,11H2,1-2H3/b8-4+;. The molecule has 1 aromatic rings. The van der Waals surface area contributed by atoms with Gasteiger partial charge in [-0.2, -0.15) is 0 Å². The van der Waals surface area contributed by atoms with Crippen molar-refractivity contribution < 1.29 is 24.9 Å². The van der Waals surface area contributed by atoms with E-state index in [2.05, 4.69) is 47.8 Å². The number of thioether (sulfide) groups is 1. The van der Waals surface area contributed by atoms with Crippen LogP contribution in [0.1, 0.15) is 25.3 Å². The second kappa shape index (κ2) is 15.0. The van der Waals surface area contributed by atoms with Gasteiger partial charge >= 0.3 is 0 Å². The molecule has 0 radical (unpaired) electrons. The van der Waals surface area contributed by atoms with E-state index in [0.717, 1.165) is 32.1 Å². The average Bonchev–Trinajstić information content (AvgIpc) is 3.08. The van der Waals surface area contributed by atoms with E-state index in [1.165, 1.54) is 22.9 Å². The van der Waals surface area contributed by atoms with Crippen LogP contribution in [0.25, 0.3) is 0 Å². The molecule has 3 rings (SSSR count). The lowest BCUT2D eigenvalue weighted by molar-refractivity contribution is -0.202. The number of alkyl halides is 1. The summed E-state index contributed by atoms with van der Waals surface area (Å²) in [5.41, 5.74) is 7.83. The topological polar surface area (TPSA) is 125 Å². The molecule has 8 atom stereocenters. The van der Waals surface area contributed by atoms with E-state index in [9.17, 15) is 20.1 Å². The summed E-state index contributed by atoms with van der Waals surface area (Å²) >= 11 is 7.09. The van der Waals surface area contributed by atoms with Crippen LogP contribution in [-0.2, 0) is 16.0 Å². The molecule has 7 nitrogen and oxygen atoms in total. The van der Waals surface area contributed by atoms with E-state index in [1.807, 2.05) is 6.07 Å². The predicted octanol–water partition coefficient (Wildman–Crippen LogP) is 1.77. The highest BCUT2D eigenvalue weighted by Crippen LogP contribution is 2.29. The number of ether oxygens (including phenoxy) is 1. The van der Waals surface area contributed by atoms with Crippen molar-refractivity contribution in [1.29, 1.82) is 0 Å². The van der Waals surface area contributed by atoms with Gasteiger partial charge in [-0.05, 0) is 44.6 Å². The van der Waals surface area contributed by atoms with Crippen LogP contribution in [0.2, 0.25) is 0 Å². The Morgan fingerprint density at radius 3 is 2.56 bits per heavy atom. The largest absolute Gasteiger partial charge is 0.388 e. The van der Waals surface area contributed by atoms with Gasteiger partial charge in [0.2, 0.25) is 0 Å². The monoisotopic (exact) mass is 512 g/mol. The van der Waals surface area contributed by atoms with E-state index >= 15 is 0 Å². The van der Waals surface area contributed by atoms with Gasteiger partial charge < -0.3 is 35.9 Å². The Bertz CT molecular complexity index is 793. The van der Waals surface area contributed by atoms with Gasteiger partial charge in [0.15, 0.2) is 0 Å². The molecule has 6 N–H and O–H groups in total. The zero-order chi connectivity index (χ0) is 25.1. The molecule has 0 bridgehead atoms. The number of nitrogens with two attached hydrogens (primary N) is 1. The summed E-state index contributed by atoms with van der Waals surface area (Å²) in [6.45, 7) is 2.57. The van der Waals surface area contributed by atoms with E-state index in [-0.39, 0.29) is 6.04 Å². The van der Waals surface area contributed by atoms with Crippen molar-refractivity contribution in [3.05, 3.63) is 59.7 Å². The highest BCUT2D eigenvalue weighted by atomic mass is 35.5. The van der Waals surface area contributed by atoms with Crippen molar-refractivity contribution in [2.75, 3.05) is 12.8 Å². The van der Waals surface area contributed by atoms with Gasteiger partial charge in [-0.1, -0.05) is 54.1 Å². The average molecular weight is 513 g/mol. The number of aliphatic hydroxyl groups is 3. The van der Waals surface area contributed by atoms with Gasteiger partial charge in [-0.15, -0.1) is 23.4 Å². The lowest BCUT2D eigenvalue weighted by Gasteiger charge is -2.42. The van der Waals surface area contributed by atoms with Crippen molar-refractivity contribution >= 4 is 29.6 Å². The number of rotatable bonds is 7. The summed E-state index contributed by atoms with van der Waals surface area (Å²) in [7, 11) is 0. The van der Waals surface area contributed by atoms with E-state index in [0.29, 0.717) is 0 Å². The highest BCUT2D eigenvalue weighted by molar-refractivity contribution is 7.99. The fourth-order valence-corrected chi connectivity index (χ4v) is 4.55. The van der Waals surface area contributed by atoms with E-state index in [1.54, 1.807) is 13.2 Å². The number of aldehydes is 1. The third kappa shape index (κ3) is 8.77. The van der Waals surface area contributed by atoms with Crippen LogP contribution in [0.5, 0.6) is 0 Å². The number of allylic oxidation sites excluding steroid dienone is 2. The van der Waals surface area contributed by atoms with Gasteiger partial charge in [-0.25, -0.2) is 0 Å². The molecule has 0 amide bonds. The van der Waals surface area contributed by atoms with Crippen LogP contribution in [-0.4, -0.2) is 81.7 Å². The van der Waals surface area contributed by atoms with Crippen LogP contribution in [0.4, 0.5) is 0 Å². The number of carbonyl (C=O) groups excluding carboxylic acids is 1. The van der Waals surface area contributed by atoms with Gasteiger partial charge in [0.25, 0.3) is 0 Å². The summed E-state index contributed by atoms with van der Waals surface area (Å²) in [5.74, 6) is 0. The molecular formula is C25H37ClN2O5S. The molecule has 34 heavy (non-hydrogen) atoms. The Hall–Kier alpha value is -1.23. The Labute approximate surface area is 211 Å². The molecule has 1 fully saturated rings. The Morgan fingerprint density at radius 2 is 1.94 bits per heavy atom. The Morgan fingerprint density at radius 1 is 1.24 bits per heavy atom. The van der Waals surface area contributed by atoms with Gasteiger partial charge in [0.05, 0.1) is 6.04 Å². The molecule has 0 spiro atoms. The Balaban J connectivity index is 0.000000242.